The molecule has 1 aliphatic rings. The minimum atomic E-state index is -3.53. The molecular formula is C28H34N2O6S. The molecule has 198 valence electrons. The molecule has 1 fully saturated rings. The van der Waals surface area contributed by atoms with Crippen molar-refractivity contribution in [3.63, 3.8) is 0 Å². The van der Waals surface area contributed by atoms with Gasteiger partial charge in [-0.3, -0.25) is 0 Å². The normalized spacial score (nSPS) is 15.7. The summed E-state index contributed by atoms with van der Waals surface area (Å²) in [6, 6.07) is 23.9. The average Bonchev–Trinajstić information content (AvgIpc) is 2.95. The van der Waals surface area contributed by atoms with Crippen molar-refractivity contribution in [3.05, 3.63) is 84.4 Å². The van der Waals surface area contributed by atoms with Gasteiger partial charge in [-0.25, -0.2) is 8.42 Å². The molecule has 1 unspecified atom stereocenters. The molecule has 0 spiro atoms. The Morgan fingerprint density at radius 2 is 1.49 bits per heavy atom. The van der Waals surface area contributed by atoms with Gasteiger partial charge in [0.1, 0.15) is 36.6 Å². The summed E-state index contributed by atoms with van der Waals surface area (Å²) >= 11 is 0. The number of hydrogen-bond donors (Lipinski definition) is 2. The highest BCUT2D eigenvalue weighted by atomic mass is 32.2. The van der Waals surface area contributed by atoms with Gasteiger partial charge in [-0.2, -0.15) is 4.31 Å². The van der Waals surface area contributed by atoms with Crippen LogP contribution in [0.2, 0.25) is 0 Å². The molecule has 4 rings (SSSR count). The molecule has 2 N–H and O–H groups in total. The number of benzene rings is 3. The third-order valence-electron chi connectivity index (χ3n) is 6.31. The fraction of sp³-hybridized carbons (Fsp3) is 0.357. The monoisotopic (exact) mass is 526 g/mol. The highest BCUT2D eigenvalue weighted by molar-refractivity contribution is 7.89. The quantitative estimate of drug-likeness (QED) is 0.373. The van der Waals surface area contributed by atoms with Crippen LogP contribution in [0.3, 0.4) is 0 Å². The zero-order chi connectivity index (χ0) is 26.1. The van der Waals surface area contributed by atoms with Crippen molar-refractivity contribution < 1.29 is 27.7 Å². The van der Waals surface area contributed by atoms with Crippen LogP contribution in [0.25, 0.3) is 0 Å². The molecule has 3 aromatic rings. The summed E-state index contributed by atoms with van der Waals surface area (Å²) in [6.07, 6.45) is 0.663. The number of methoxy groups -OCH3 is 1. The van der Waals surface area contributed by atoms with E-state index < -0.39 is 16.1 Å². The van der Waals surface area contributed by atoms with Crippen molar-refractivity contribution in [2.75, 3.05) is 33.4 Å². The molecule has 9 heteroatoms. The minimum absolute atomic E-state index is 0.137. The fourth-order valence-electron chi connectivity index (χ4n) is 4.12. The standard InChI is InChI=1S/C28H34N2O6S/c1-34-25-11-13-28(14-12-25)37(32,33)30-17-15-23(16-18-30)29-19-24(31)21-36-27-9-7-26(8-10-27)35-20-22-5-3-2-4-6-22/h2-14,23-24,29,31H,15-21H2,1H3. The van der Waals surface area contributed by atoms with E-state index >= 15 is 0 Å². The molecular weight excluding hydrogens is 492 g/mol. The van der Waals surface area contributed by atoms with E-state index in [0.29, 0.717) is 50.6 Å². The van der Waals surface area contributed by atoms with E-state index in [2.05, 4.69) is 5.32 Å². The molecule has 1 saturated heterocycles. The van der Waals surface area contributed by atoms with Crippen molar-refractivity contribution in [1.82, 2.24) is 9.62 Å². The summed E-state index contributed by atoms with van der Waals surface area (Å²) in [4.78, 5) is 0.267. The lowest BCUT2D eigenvalue weighted by Crippen LogP contribution is -2.47. The average molecular weight is 527 g/mol. The van der Waals surface area contributed by atoms with E-state index in [9.17, 15) is 13.5 Å². The maximum atomic E-state index is 12.9. The number of nitrogens with one attached hydrogen (secondary N) is 1. The Morgan fingerprint density at radius 3 is 2.11 bits per heavy atom. The second-order valence-electron chi connectivity index (χ2n) is 8.97. The molecule has 1 atom stereocenters. The van der Waals surface area contributed by atoms with E-state index in [-0.39, 0.29) is 17.5 Å². The number of aliphatic hydroxyl groups is 1. The highest BCUT2D eigenvalue weighted by Gasteiger charge is 2.29. The first-order valence-corrected chi connectivity index (χ1v) is 13.8. The molecule has 0 amide bonds. The van der Waals surface area contributed by atoms with Crippen molar-refractivity contribution in [2.45, 2.75) is 36.5 Å². The van der Waals surface area contributed by atoms with Crippen LogP contribution >= 0.6 is 0 Å². The fourth-order valence-corrected chi connectivity index (χ4v) is 5.59. The molecule has 3 aromatic carbocycles. The van der Waals surface area contributed by atoms with Crippen LogP contribution in [0.5, 0.6) is 17.2 Å². The first-order chi connectivity index (χ1) is 17.9. The molecule has 0 bridgehead atoms. The lowest BCUT2D eigenvalue weighted by atomic mass is 10.1. The number of ether oxygens (including phenoxy) is 3. The van der Waals surface area contributed by atoms with E-state index in [1.54, 1.807) is 31.4 Å². The summed E-state index contributed by atoms with van der Waals surface area (Å²) in [5, 5.41) is 13.7. The number of aliphatic hydroxyl groups excluding tert-OH is 1. The van der Waals surface area contributed by atoms with E-state index in [1.807, 2.05) is 54.6 Å². The Hall–Kier alpha value is -3.11. The second-order valence-corrected chi connectivity index (χ2v) is 10.9. The predicted molar refractivity (Wildman–Crippen MR) is 141 cm³/mol. The van der Waals surface area contributed by atoms with Crippen molar-refractivity contribution in [3.8, 4) is 17.2 Å². The Balaban J connectivity index is 1.15. The summed E-state index contributed by atoms with van der Waals surface area (Å²) in [5.74, 6) is 2.02. The van der Waals surface area contributed by atoms with Gasteiger partial charge in [0.25, 0.3) is 0 Å². The van der Waals surface area contributed by atoms with Crippen LogP contribution < -0.4 is 19.5 Å². The molecule has 0 saturated carbocycles. The third-order valence-corrected chi connectivity index (χ3v) is 8.22. The van der Waals surface area contributed by atoms with E-state index in [0.717, 1.165) is 11.3 Å². The summed E-state index contributed by atoms with van der Waals surface area (Å²) in [5.41, 5.74) is 1.10. The topological polar surface area (TPSA) is 97.3 Å². The highest BCUT2D eigenvalue weighted by Crippen LogP contribution is 2.23. The Kier molecular flexibility index (Phi) is 9.40. The van der Waals surface area contributed by atoms with Crippen LogP contribution in [0, 0.1) is 0 Å². The summed E-state index contributed by atoms with van der Waals surface area (Å²) in [7, 11) is -1.98. The largest absolute Gasteiger partial charge is 0.497 e. The van der Waals surface area contributed by atoms with Gasteiger partial charge in [0.05, 0.1) is 12.0 Å². The molecule has 0 radical (unpaired) electrons. The number of sulfonamides is 1. The Labute approximate surface area is 218 Å². The molecule has 1 aliphatic heterocycles. The van der Waals surface area contributed by atoms with Crippen LogP contribution in [0.15, 0.2) is 83.8 Å². The summed E-state index contributed by atoms with van der Waals surface area (Å²) in [6.45, 7) is 1.88. The van der Waals surface area contributed by atoms with Gasteiger partial charge < -0.3 is 24.6 Å². The van der Waals surface area contributed by atoms with E-state index in [1.165, 1.54) is 4.31 Å². The molecule has 37 heavy (non-hydrogen) atoms. The number of hydrogen-bond acceptors (Lipinski definition) is 7. The first-order valence-electron chi connectivity index (χ1n) is 12.4. The molecule has 0 aromatic heterocycles. The van der Waals surface area contributed by atoms with Crippen LogP contribution in [0.4, 0.5) is 0 Å². The summed E-state index contributed by atoms with van der Waals surface area (Å²) < 4.78 is 43.9. The van der Waals surface area contributed by atoms with Gasteiger partial charge in [-0.15, -0.1) is 0 Å². The van der Waals surface area contributed by atoms with E-state index in [4.69, 9.17) is 14.2 Å². The van der Waals surface area contributed by atoms with Crippen LogP contribution in [-0.2, 0) is 16.6 Å². The molecule has 1 heterocycles. The molecule has 0 aliphatic carbocycles. The lowest BCUT2D eigenvalue weighted by molar-refractivity contribution is 0.101. The maximum Gasteiger partial charge on any atom is 0.243 e. The SMILES string of the molecule is COc1ccc(S(=O)(=O)N2CCC(NCC(O)COc3ccc(OCc4ccccc4)cc3)CC2)cc1. The van der Waals surface area contributed by atoms with Gasteiger partial charge in [-0.05, 0) is 66.9 Å². The molecule has 8 nitrogen and oxygen atoms in total. The van der Waals surface area contributed by atoms with Gasteiger partial charge in [0, 0.05) is 25.7 Å². The van der Waals surface area contributed by atoms with Crippen molar-refractivity contribution in [2.24, 2.45) is 0 Å². The zero-order valence-corrected chi connectivity index (χ0v) is 21.8. The zero-order valence-electron chi connectivity index (χ0n) is 21.0. The lowest BCUT2D eigenvalue weighted by Gasteiger charge is -2.32. The van der Waals surface area contributed by atoms with Crippen LogP contribution in [-0.4, -0.2) is 63.3 Å². The number of nitrogens with zero attached hydrogens (tertiary/aromatic N) is 1. The predicted octanol–water partition coefficient (Wildman–Crippen LogP) is 3.46. The minimum Gasteiger partial charge on any atom is -0.497 e. The van der Waals surface area contributed by atoms with Crippen molar-refractivity contribution >= 4 is 10.0 Å². The van der Waals surface area contributed by atoms with Crippen LogP contribution in [0.1, 0.15) is 18.4 Å². The van der Waals surface area contributed by atoms with Gasteiger partial charge in [0.15, 0.2) is 0 Å². The third kappa shape index (κ3) is 7.69. The number of rotatable bonds is 12. The van der Waals surface area contributed by atoms with Gasteiger partial charge in [0.2, 0.25) is 10.0 Å². The Bertz CT molecular complexity index is 1200. The Morgan fingerprint density at radius 1 is 0.892 bits per heavy atom. The number of piperidine rings is 1. The van der Waals surface area contributed by atoms with Gasteiger partial charge >= 0.3 is 0 Å². The first kappa shape index (κ1) is 26.9. The maximum absolute atomic E-state index is 12.9. The smallest absolute Gasteiger partial charge is 0.243 e. The van der Waals surface area contributed by atoms with Crippen molar-refractivity contribution in [1.29, 1.82) is 0 Å². The van der Waals surface area contributed by atoms with Gasteiger partial charge in [-0.1, -0.05) is 30.3 Å². The second kappa shape index (κ2) is 12.9.